The molecule has 2 heterocycles. The molecule has 3 rings (SSSR count). The maximum atomic E-state index is 11.5. The van der Waals surface area contributed by atoms with Gasteiger partial charge in [0.1, 0.15) is 11.6 Å². The molecule has 0 bridgehead atoms. The third-order valence-electron chi connectivity index (χ3n) is 5.46. The van der Waals surface area contributed by atoms with Gasteiger partial charge in [-0.3, -0.25) is 9.69 Å². The number of aromatic nitrogens is 2. The van der Waals surface area contributed by atoms with Crippen LogP contribution in [0.2, 0.25) is 0 Å². The molecule has 0 atom stereocenters. The number of aryl methyl sites for hydroxylation is 2. The molecule has 1 saturated heterocycles. The minimum Gasteiger partial charge on any atom is -0.465 e. The summed E-state index contributed by atoms with van der Waals surface area (Å²) in [6, 6.07) is 8.48. The topological polar surface area (TPSA) is 58.6 Å². The SMILES string of the molecule is CCCC(=O)OCCc1nccc(N2CCN(Cc3c(C)cccc3C)CC2)n1. The molecule has 1 aromatic heterocycles. The van der Waals surface area contributed by atoms with Crippen LogP contribution in [0.4, 0.5) is 5.82 Å². The highest BCUT2D eigenvalue weighted by atomic mass is 16.5. The average Bonchev–Trinajstić information content (AvgIpc) is 2.72. The van der Waals surface area contributed by atoms with Crippen LogP contribution in [0.3, 0.4) is 0 Å². The second-order valence-electron chi connectivity index (χ2n) is 7.69. The van der Waals surface area contributed by atoms with E-state index in [2.05, 4.69) is 51.8 Å². The summed E-state index contributed by atoms with van der Waals surface area (Å²) in [6.07, 6.45) is 3.62. The van der Waals surface area contributed by atoms with Crippen LogP contribution in [-0.4, -0.2) is 53.6 Å². The maximum absolute atomic E-state index is 11.5. The zero-order valence-corrected chi connectivity index (χ0v) is 17.9. The fourth-order valence-electron chi connectivity index (χ4n) is 3.67. The van der Waals surface area contributed by atoms with Crippen molar-refractivity contribution >= 4 is 11.8 Å². The second-order valence-corrected chi connectivity index (χ2v) is 7.69. The summed E-state index contributed by atoms with van der Waals surface area (Å²) in [5.74, 6) is 1.54. The lowest BCUT2D eigenvalue weighted by Crippen LogP contribution is -2.46. The number of rotatable bonds is 8. The number of nitrogens with zero attached hydrogens (tertiary/aromatic N) is 4. The molecule has 6 heteroatoms. The van der Waals surface area contributed by atoms with Crippen LogP contribution in [0.1, 0.15) is 42.3 Å². The van der Waals surface area contributed by atoms with E-state index in [1.165, 1.54) is 16.7 Å². The van der Waals surface area contributed by atoms with E-state index in [4.69, 9.17) is 4.74 Å². The molecule has 0 N–H and O–H groups in total. The number of hydrogen-bond acceptors (Lipinski definition) is 6. The molecule has 6 nitrogen and oxygen atoms in total. The van der Waals surface area contributed by atoms with Gasteiger partial charge in [-0.05, 0) is 43.0 Å². The quantitative estimate of drug-likeness (QED) is 0.638. The summed E-state index contributed by atoms with van der Waals surface area (Å²) in [7, 11) is 0. The largest absolute Gasteiger partial charge is 0.465 e. The Morgan fingerprint density at radius 1 is 1.10 bits per heavy atom. The van der Waals surface area contributed by atoms with Crippen molar-refractivity contribution in [3.05, 3.63) is 53.0 Å². The van der Waals surface area contributed by atoms with Crippen molar-refractivity contribution < 1.29 is 9.53 Å². The number of hydrogen-bond donors (Lipinski definition) is 0. The van der Waals surface area contributed by atoms with Crippen LogP contribution in [0.15, 0.2) is 30.5 Å². The molecule has 0 unspecified atom stereocenters. The highest BCUT2D eigenvalue weighted by molar-refractivity contribution is 5.69. The fraction of sp³-hybridized carbons (Fsp3) is 0.522. The van der Waals surface area contributed by atoms with Gasteiger partial charge < -0.3 is 9.64 Å². The van der Waals surface area contributed by atoms with Crippen molar-refractivity contribution in [1.82, 2.24) is 14.9 Å². The van der Waals surface area contributed by atoms with Gasteiger partial charge in [0.25, 0.3) is 0 Å². The average molecular weight is 397 g/mol. The summed E-state index contributed by atoms with van der Waals surface area (Å²) in [4.78, 5) is 25.3. The van der Waals surface area contributed by atoms with E-state index in [1.54, 1.807) is 6.20 Å². The van der Waals surface area contributed by atoms with E-state index in [-0.39, 0.29) is 5.97 Å². The van der Waals surface area contributed by atoms with Crippen molar-refractivity contribution in [2.75, 3.05) is 37.7 Å². The third kappa shape index (κ3) is 6.00. The molecule has 2 aromatic rings. The summed E-state index contributed by atoms with van der Waals surface area (Å²) >= 11 is 0. The van der Waals surface area contributed by atoms with Gasteiger partial charge in [-0.1, -0.05) is 25.1 Å². The van der Waals surface area contributed by atoms with Gasteiger partial charge in [-0.25, -0.2) is 9.97 Å². The molecule has 1 fully saturated rings. The number of ether oxygens (including phenoxy) is 1. The Morgan fingerprint density at radius 2 is 1.83 bits per heavy atom. The fourth-order valence-corrected chi connectivity index (χ4v) is 3.67. The zero-order valence-electron chi connectivity index (χ0n) is 17.9. The van der Waals surface area contributed by atoms with E-state index in [9.17, 15) is 4.79 Å². The number of carbonyl (C=O) groups excluding carboxylic acids is 1. The van der Waals surface area contributed by atoms with Crippen LogP contribution in [0, 0.1) is 13.8 Å². The zero-order chi connectivity index (χ0) is 20.6. The summed E-state index contributed by atoms with van der Waals surface area (Å²) in [5.41, 5.74) is 4.18. The minimum absolute atomic E-state index is 0.149. The monoisotopic (exact) mass is 396 g/mol. The number of esters is 1. The van der Waals surface area contributed by atoms with Crippen molar-refractivity contribution in [1.29, 1.82) is 0 Å². The molecule has 0 saturated carbocycles. The molecule has 1 aromatic carbocycles. The van der Waals surface area contributed by atoms with Crippen molar-refractivity contribution in [2.24, 2.45) is 0 Å². The first kappa shape index (κ1) is 21.2. The van der Waals surface area contributed by atoms with E-state index < -0.39 is 0 Å². The molecule has 29 heavy (non-hydrogen) atoms. The van der Waals surface area contributed by atoms with Gasteiger partial charge in [0, 0.05) is 51.8 Å². The van der Waals surface area contributed by atoms with E-state index in [1.807, 2.05) is 13.0 Å². The first-order chi connectivity index (χ1) is 14.1. The molecule has 1 aliphatic rings. The van der Waals surface area contributed by atoms with Gasteiger partial charge in [-0.2, -0.15) is 0 Å². The van der Waals surface area contributed by atoms with E-state index >= 15 is 0 Å². The molecule has 1 aliphatic heterocycles. The lowest BCUT2D eigenvalue weighted by molar-refractivity contribution is -0.143. The molecular weight excluding hydrogens is 364 g/mol. The maximum Gasteiger partial charge on any atom is 0.305 e. The Balaban J connectivity index is 1.51. The Morgan fingerprint density at radius 3 is 2.52 bits per heavy atom. The lowest BCUT2D eigenvalue weighted by atomic mass is 10.0. The van der Waals surface area contributed by atoms with Crippen molar-refractivity contribution in [3.63, 3.8) is 0 Å². The normalized spacial score (nSPS) is 14.8. The van der Waals surface area contributed by atoms with Gasteiger partial charge in [0.05, 0.1) is 6.61 Å². The summed E-state index contributed by atoms with van der Waals surface area (Å²) < 4.78 is 5.22. The standard InChI is InChI=1S/C23H32N4O2/c1-4-6-23(28)29-16-10-21-24-11-9-22(25-21)27-14-12-26(13-15-27)17-20-18(2)7-5-8-19(20)3/h5,7-9,11H,4,6,10,12-17H2,1-3H3. The number of benzene rings is 1. The van der Waals surface area contributed by atoms with Crippen molar-refractivity contribution in [3.8, 4) is 0 Å². The Labute approximate surface area is 173 Å². The van der Waals surface area contributed by atoms with Gasteiger partial charge >= 0.3 is 5.97 Å². The first-order valence-electron chi connectivity index (χ1n) is 10.6. The number of piperazine rings is 1. The van der Waals surface area contributed by atoms with E-state index in [0.29, 0.717) is 19.4 Å². The Bertz CT molecular complexity index is 796. The van der Waals surface area contributed by atoms with Crippen LogP contribution >= 0.6 is 0 Å². The molecule has 0 aliphatic carbocycles. The van der Waals surface area contributed by atoms with Crippen LogP contribution in [0.25, 0.3) is 0 Å². The summed E-state index contributed by atoms with van der Waals surface area (Å²) in [6.45, 7) is 11.6. The molecular formula is C23H32N4O2. The first-order valence-corrected chi connectivity index (χ1v) is 10.6. The smallest absolute Gasteiger partial charge is 0.305 e. The predicted octanol–water partition coefficient (Wildman–Crippen LogP) is 3.30. The van der Waals surface area contributed by atoms with Gasteiger partial charge in [0.15, 0.2) is 0 Å². The lowest BCUT2D eigenvalue weighted by Gasteiger charge is -2.36. The van der Waals surface area contributed by atoms with Crippen molar-refractivity contribution in [2.45, 2.75) is 46.6 Å². The summed E-state index contributed by atoms with van der Waals surface area (Å²) in [5, 5.41) is 0. The highest BCUT2D eigenvalue weighted by Gasteiger charge is 2.19. The van der Waals surface area contributed by atoms with E-state index in [0.717, 1.165) is 50.8 Å². The molecule has 0 amide bonds. The number of anilines is 1. The molecule has 0 radical (unpaired) electrons. The van der Waals surface area contributed by atoms with Crippen LogP contribution < -0.4 is 4.90 Å². The van der Waals surface area contributed by atoms with Gasteiger partial charge in [-0.15, -0.1) is 0 Å². The Kier molecular flexibility index (Phi) is 7.58. The Hall–Kier alpha value is -2.47. The van der Waals surface area contributed by atoms with Gasteiger partial charge in [0.2, 0.25) is 0 Å². The predicted molar refractivity (Wildman–Crippen MR) is 115 cm³/mol. The number of carbonyl (C=O) groups is 1. The van der Waals surface area contributed by atoms with Crippen LogP contribution in [0.5, 0.6) is 0 Å². The molecule has 0 spiro atoms. The molecule has 156 valence electrons. The highest BCUT2D eigenvalue weighted by Crippen LogP contribution is 2.19. The van der Waals surface area contributed by atoms with Crippen LogP contribution in [-0.2, 0) is 22.5 Å². The third-order valence-corrected chi connectivity index (χ3v) is 5.46. The second kappa shape index (κ2) is 10.3. The minimum atomic E-state index is -0.149.